The van der Waals surface area contributed by atoms with Gasteiger partial charge in [0, 0.05) is 19.3 Å². The van der Waals surface area contributed by atoms with Crippen LogP contribution in [0.5, 0.6) is 5.75 Å². The summed E-state index contributed by atoms with van der Waals surface area (Å²) in [4.78, 5) is 0. The van der Waals surface area contributed by atoms with Gasteiger partial charge >= 0.3 is 0 Å². The molecular weight excluding hydrogens is 262 g/mol. The van der Waals surface area contributed by atoms with E-state index in [4.69, 9.17) is 4.74 Å². The summed E-state index contributed by atoms with van der Waals surface area (Å²) in [5.74, 6) is 0.928. The molecule has 1 atom stereocenters. The van der Waals surface area contributed by atoms with Gasteiger partial charge in [0.25, 0.3) is 0 Å². The number of aryl methyl sites for hydroxylation is 1. The first kappa shape index (κ1) is 15.6. The van der Waals surface area contributed by atoms with Crippen LogP contribution in [0.3, 0.4) is 0 Å². The molecule has 0 saturated heterocycles. The average molecular weight is 287 g/mol. The van der Waals surface area contributed by atoms with Gasteiger partial charge in [0.05, 0.1) is 12.8 Å². The van der Waals surface area contributed by atoms with Crippen LogP contribution >= 0.6 is 0 Å². The minimum Gasteiger partial charge on any atom is -0.494 e. The van der Waals surface area contributed by atoms with E-state index >= 15 is 0 Å². The van der Waals surface area contributed by atoms with E-state index in [9.17, 15) is 0 Å². The zero-order valence-corrected chi connectivity index (χ0v) is 13.2. The van der Waals surface area contributed by atoms with Crippen molar-refractivity contribution in [2.75, 3.05) is 13.2 Å². The largest absolute Gasteiger partial charge is 0.494 e. The summed E-state index contributed by atoms with van der Waals surface area (Å²) in [5.41, 5.74) is 2.54. The lowest BCUT2D eigenvalue weighted by molar-refractivity contribution is 0.340. The fourth-order valence-electron chi connectivity index (χ4n) is 2.40. The first-order valence-electron chi connectivity index (χ1n) is 7.66. The van der Waals surface area contributed by atoms with Gasteiger partial charge in [-0.1, -0.05) is 19.1 Å². The molecule has 1 heterocycles. The predicted octanol–water partition coefficient (Wildman–Crippen LogP) is 3.10. The summed E-state index contributed by atoms with van der Waals surface area (Å²) in [5, 5.41) is 7.87. The van der Waals surface area contributed by atoms with Crippen molar-refractivity contribution in [1.82, 2.24) is 15.1 Å². The van der Waals surface area contributed by atoms with Crippen molar-refractivity contribution < 1.29 is 4.74 Å². The van der Waals surface area contributed by atoms with E-state index < -0.39 is 0 Å². The first-order valence-corrected chi connectivity index (χ1v) is 7.66. The SMILES string of the molecule is CCCNC(Cc1cnn(C)c1)c1ccc(OCC)cc1. The van der Waals surface area contributed by atoms with E-state index in [-0.39, 0.29) is 0 Å². The number of rotatable bonds is 8. The van der Waals surface area contributed by atoms with Crippen LogP contribution < -0.4 is 10.1 Å². The van der Waals surface area contributed by atoms with E-state index in [0.717, 1.165) is 25.1 Å². The lowest BCUT2D eigenvalue weighted by Crippen LogP contribution is -2.24. The maximum atomic E-state index is 5.51. The third-order valence-electron chi connectivity index (χ3n) is 3.43. The number of nitrogens with one attached hydrogen (secondary N) is 1. The van der Waals surface area contributed by atoms with E-state index in [0.29, 0.717) is 12.6 Å². The topological polar surface area (TPSA) is 39.1 Å². The standard InChI is InChI=1S/C17H25N3O/c1-4-10-18-17(11-14-12-19-20(3)13-14)15-6-8-16(9-7-15)21-5-2/h6-9,12-13,17-18H,4-5,10-11H2,1-3H3. The van der Waals surface area contributed by atoms with Gasteiger partial charge in [-0.3, -0.25) is 4.68 Å². The smallest absolute Gasteiger partial charge is 0.119 e. The van der Waals surface area contributed by atoms with Gasteiger partial charge in [0.2, 0.25) is 0 Å². The monoisotopic (exact) mass is 287 g/mol. The Labute approximate surface area is 127 Å². The van der Waals surface area contributed by atoms with Crippen molar-refractivity contribution in [3.05, 3.63) is 47.8 Å². The minimum absolute atomic E-state index is 0.310. The van der Waals surface area contributed by atoms with Crippen molar-refractivity contribution >= 4 is 0 Å². The summed E-state index contributed by atoms with van der Waals surface area (Å²) in [6, 6.07) is 8.69. The second-order valence-electron chi connectivity index (χ2n) is 5.24. The van der Waals surface area contributed by atoms with E-state index in [2.05, 4.69) is 35.7 Å². The van der Waals surface area contributed by atoms with Crippen LogP contribution in [0, 0.1) is 0 Å². The van der Waals surface area contributed by atoms with E-state index in [1.807, 2.05) is 37.0 Å². The quantitative estimate of drug-likeness (QED) is 0.811. The van der Waals surface area contributed by atoms with Crippen LogP contribution in [-0.4, -0.2) is 22.9 Å². The fourth-order valence-corrected chi connectivity index (χ4v) is 2.40. The molecule has 0 aliphatic carbocycles. The van der Waals surface area contributed by atoms with Crippen LogP contribution in [0.15, 0.2) is 36.7 Å². The molecule has 0 radical (unpaired) electrons. The van der Waals surface area contributed by atoms with Gasteiger partial charge in [-0.15, -0.1) is 0 Å². The summed E-state index contributed by atoms with van der Waals surface area (Å²) in [6.45, 7) is 5.90. The van der Waals surface area contributed by atoms with Crippen LogP contribution in [0.2, 0.25) is 0 Å². The molecule has 0 saturated carbocycles. The molecule has 0 aliphatic rings. The molecule has 4 heteroatoms. The molecule has 0 amide bonds. The zero-order chi connectivity index (χ0) is 15.1. The second-order valence-corrected chi connectivity index (χ2v) is 5.24. The number of benzene rings is 1. The summed E-state index contributed by atoms with van der Waals surface area (Å²) < 4.78 is 7.36. The minimum atomic E-state index is 0.310. The Bertz CT molecular complexity index is 533. The highest BCUT2D eigenvalue weighted by Crippen LogP contribution is 2.21. The summed E-state index contributed by atoms with van der Waals surface area (Å²) >= 11 is 0. The number of hydrogen-bond acceptors (Lipinski definition) is 3. The molecule has 4 nitrogen and oxygen atoms in total. The molecule has 1 aromatic heterocycles. The first-order chi connectivity index (χ1) is 10.2. The Morgan fingerprint density at radius 2 is 2.00 bits per heavy atom. The Morgan fingerprint density at radius 3 is 2.57 bits per heavy atom. The third-order valence-corrected chi connectivity index (χ3v) is 3.43. The van der Waals surface area contributed by atoms with Crippen molar-refractivity contribution in [3.8, 4) is 5.75 Å². The van der Waals surface area contributed by atoms with Gasteiger partial charge in [0.1, 0.15) is 5.75 Å². The molecule has 2 aromatic rings. The van der Waals surface area contributed by atoms with Crippen molar-refractivity contribution in [2.45, 2.75) is 32.7 Å². The maximum Gasteiger partial charge on any atom is 0.119 e. The highest BCUT2D eigenvalue weighted by atomic mass is 16.5. The molecule has 1 N–H and O–H groups in total. The van der Waals surface area contributed by atoms with Crippen molar-refractivity contribution in [3.63, 3.8) is 0 Å². The summed E-state index contributed by atoms with van der Waals surface area (Å²) in [7, 11) is 1.95. The van der Waals surface area contributed by atoms with Crippen LogP contribution in [-0.2, 0) is 13.5 Å². The van der Waals surface area contributed by atoms with Gasteiger partial charge in [-0.25, -0.2) is 0 Å². The van der Waals surface area contributed by atoms with Crippen molar-refractivity contribution in [1.29, 1.82) is 0 Å². The third kappa shape index (κ3) is 4.60. The fraction of sp³-hybridized carbons (Fsp3) is 0.471. The second kappa shape index (κ2) is 7.84. The average Bonchev–Trinajstić information content (AvgIpc) is 2.90. The highest BCUT2D eigenvalue weighted by molar-refractivity contribution is 5.30. The Balaban J connectivity index is 2.10. The van der Waals surface area contributed by atoms with Gasteiger partial charge < -0.3 is 10.1 Å². The van der Waals surface area contributed by atoms with Gasteiger partial charge in [-0.2, -0.15) is 5.10 Å². The molecule has 0 fully saturated rings. The molecule has 0 spiro atoms. The lowest BCUT2D eigenvalue weighted by Gasteiger charge is -2.19. The number of nitrogens with zero attached hydrogens (tertiary/aromatic N) is 2. The Kier molecular flexibility index (Phi) is 5.81. The number of hydrogen-bond donors (Lipinski definition) is 1. The highest BCUT2D eigenvalue weighted by Gasteiger charge is 2.12. The van der Waals surface area contributed by atoms with Gasteiger partial charge in [0.15, 0.2) is 0 Å². The summed E-state index contributed by atoms with van der Waals surface area (Å²) in [6.07, 6.45) is 6.09. The molecule has 1 aromatic carbocycles. The normalized spacial score (nSPS) is 12.3. The molecule has 0 bridgehead atoms. The molecule has 114 valence electrons. The molecule has 2 rings (SSSR count). The Morgan fingerprint density at radius 1 is 1.24 bits per heavy atom. The van der Waals surface area contributed by atoms with Crippen molar-refractivity contribution in [2.24, 2.45) is 7.05 Å². The molecular formula is C17H25N3O. The number of aromatic nitrogens is 2. The van der Waals surface area contributed by atoms with E-state index in [1.165, 1.54) is 11.1 Å². The van der Waals surface area contributed by atoms with Crippen LogP contribution in [0.1, 0.15) is 37.4 Å². The predicted molar refractivity (Wildman–Crippen MR) is 85.6 cm³/mol. The maximum absolute atomic E-state index is 5.51. The molecule has 1 unspecified atom stereocenters. The Hall–Kier alpha value is -1.81. The van der Waals surface area contributed by atoms with E-state index in [1.54, 1.807) is 0 Å². The van der Waals surface area contributed by atoms with Gasteiger partial charge in [-0.05, 0) is 49.6 Å². The van der Waals surface area contributed by atoms with Crippen LogP contribution in [0.4, 0.5) is 0 Å². The lowest BCUT2D eigenvalue weighted by atomic mass is 10.0. The molecule has 0 aliphatic heterocycles. The number of ether oxygens (including phenoxy) is 1. The zero-order valence-electron chi connectivity index (χ0n) is 13.2. The van der Waals surface area contributed by atoms with Crippen LogP contribution in [0.25, 0.3) is 0 Å². The molecule has 21 heavy (non-hydrogen) atoms.